The molecule has 0 saturated carbocycles. The van der Waals surface area contributed by atoms with Crippen molar-refractivity contribution in [2.24, 2.45) is 0 Å². The lowest BCUT2D eigenvalue weighted by Gasteiger charge is -2.09. The second kappa shape index (κ2) is 5.62. The Morgan fingerprint density at radius 1 is 1.53 bits per heavy atom. The lowest BCUT2D eigenvalue weighted by Crippen LogP contribution is -2.28. The number of carboxylic acid groups (broad SMARTS) is 1. The molecule has 0 atom stereocenters. The van der Waals surface area contributed by atoms with Crippen LogP contribution < -0.4 is 10.7 Å². The molecule has 1 aromatic heterocycles. The molecule has 0 aliphatic carbocycles. The number of ether oxygens (including phenoxy) is 1. The number of carbonyl (C=O) groups is 2. The Morgan fingerprint density at radius 3 is 2.71 bits per heavy atom. The number of esters is 1. The molecule has 1 aromatic rings. The summed E-state index contributed by atoms with van der Waals surface area (Å²) < 4.78 is 5.79. The summed E-state index contributed by atoms with van der Waals surface area (Å²) in [6, 6.07) is 1.32. The average Bonchev–Trinajstić information content (AvgIpc) is 2.29. The fourth-order valence-corrected chi connectivity index (χ4v) is 1.68. The lowest BCUT2D eigenvalue weighted by atomic mass is 10.3. The quantitative estimate of drug-likeness (QED) is 0.702. The minimum Gasteiger partial charge on any atom is -0.550 e. The average molecular weight is 303 g/mol. The van der Waals surface area contributed by atoms with Crippen LogP contribution in [0.2, 0.25) is 0 Å². The minimum atomic E-state index is -1.27. The number of hydrogen-bond donors (Lipinski definition) is 0. The second-order valence-corrected chi connectivity index (χ2v) is 4.04. The number of aromatic nitrogens is 1. The fourth-order valence-electron chi connectivity index (χ4n) is 1.21. The number of carbonyl (C=O) groups excluding carboxylic acids is 2. The van der Waals surface area contributed by atoms with Crippen LogP contribution in [0.1, 0.15) is 16.8 Å². The van der Waals surface area contributed by atoms with Crippen molar-refractivity contribution in [3.8, 4) is 0 Å². The van der Waals surface area contributed by atoms with Gasteiger partial charge in [-0.25, -0.2) is 4.79 Å². The predicted octanol–water partition coefficient (Wildman–Crippen LogP) is -0.463. The Balaban J connectivity index is 3.11. The molecule has 0 bridgehead atoms. The zero-order chi connectivity index (χ0) is 13.0. The summed E-state index contributed by atoms with van der Waals surface area (Å²) in [6.45, 7) is -0.0649. The Bertz CT molecular complexity index is 508. The molecule has 0 radical (unpaired) electrons. The molecule has 0 spiro atoms. The first kappa shape index (κ1) is 13.4. The van der Waals surface area contributed by atoms with Gasteiger partial charge in [0.25, 0.3) is 5.56 Å². The number of methoxy groups -OCH3 is 1. The second-order valence-electron chi connectivity index (χ2n) is 3.19. The lowest BCUT2D eigenvalue weighted by molar-refractivity contribution is -0.305. The number of aryl methyl sites for hydroxylation is 1. The first-order valence-electron chi connectivity index (χ1n) is 4.64. The molecular formula is C10H9BrNO5-. The van der Waals surface area contributed by atoms with Gasteiger partial charge in [0, 0.05) is 25.1 Å². The molecule has 0 saturated heterocycles. The van der Waals surface area contributed by atoms with E-state index in [0.717, 1.165) is 4.57 Å². The van der Waals surface area contributed by atoms with Crippen LogP contribution in [-0.2, 0) is 16.1 Å². The van der Waals surface area contributed by atoms with Gasteiger partial charge in [0.15, 0.2) is 0 Å². The van der Waals surface area contributed by atoms with E-state index in [1.165, 1.54) is 19.4 Å². The largest absolute Gasteiger partial charge is 0.550 e. The smallest absolute Gasteiger partial charge is 0.339 e. The molecule has 0 unspecified atom stereocenters. The summed E-state index contributed by atoms with van der Waals surface area (Å²) in [5.74, 6) is -1.87. The van der Waals surface area contributed by atoms with Crippen LogP contribution in [0.4, 0.5) is 0 Å². The Labute approximate surface area is 105 Å². The zero-order valence-electron chi connectivity index (χ0n) is 8.94. The standard InChI is InChI=1S/C10H10BrNO5/c1-17-10(16)6-4-7(11)9(15)12(5-6)3-2-8(13)14/h4-5H,2-3H2,1H3,(H,13,14)/p-1. The van der Waals surface area contributed by atoms with E-state index in [1.807, 2.05) is 0 Å². The van der Waals surface area contributed by atoms with Gasteiger partial charge in [-0.15, -0.1) is 0 Å². The Hall–Kier alpha value is -1.63. The van der Waals surface area contributed by atoms with E-state index in [1.54, 1.807) is 0 Å². The van der Waals surface area contributed by atoms with Gasteiger partial charge in [-0.3, -0.25) is 4.79 Å². The minimum absolute atomic E-state index is 0.0649. The molecular weight excluding hydrogens is 294 g/mol. The molecule has 0 N–H and O–H groups in total. The van der Waals surface area contributed by atoms with Crippen molar-refractivity contribution in [3.63, 3.8) is 0 Å². The van der Waals surface area contributed by atoms with Crippen LogP contribution in [0.3, 0.4) is 0 Å². The van der Waals surface area contributed by atoms with Crippen LogP contribution in [0.25, 0.3) is 0 Å². The number of nitrogens with zero attached hydrogens (tertiary/aromatic N) is 1. The molecule has 1 heterocycles. The molecule has 0 aliphatic heterocycles. The van der Waals surface area contributed by atoms with E-state index >= 15 is 0 Å². The van der Waals surface area contributed by atoms with Gasteiger partial charge in [-0.1, -0.05) is 0 Å². The summed E-state index contributed by atoms with van der Waals surface area (Å²) in [7, 11) is 1.22. The first-order valence-corrected chi connectivity index (χ1v) is 5.43. The number of aliphatic carboxylic acids is 1. The van der Waals surface area contributed by atoms with Crippen LogP contribution >= 0.6 is 15.9 Å². The van der Waals surface area contributed by atoms with E-state index in [-0.39, 0.29) is 23.0 Å². The zero-order valence-corrected chi connectivity index (χ0v) is 10.5. The molecule has 1 rings (SSSR count). The van der Waals surface area contributed by atoms with Crippen molar-refractivity contribution in [2.45, 2.75) is 13.0 Å². The highest BCUT2D eigenvalue weighted by Crippen LogP contribution is 2.08. The molecule has 7 heteroatoms. The topological polar surface area (TPSA) is 88.4 Å². The van der Waals surface area contributed by atoms with E-state index in [2.05, 4.69) is 20.7 Å². The van der Waals surface area contributed by atoms with Gasteiger partial charge in [-0.2, -0.15) is 0 Å². The highest BCUT2D eigenvalue weighted by molar-refractivity contribution is 9.10. The number of rotatable bonds is 4. The van der Waals surface area contributed by atoms with Crippen molar-refractivity contribution in [1.29, 1.82) is 0 Å². The third-order valence-electron chi connectivity index (χ3n) is 2.02. The van der Waals surface area contributed by atoms with Crippen molar-refractivity contribution in [2.75, 3.05) is 7.11 Å². The number of carboxylic acids is 1. The predicted molar refractivity (Wildman–Crippen MR) is 59.4 cm³/mol. The van der Waals surface area contributed by atoms with Gasteiger partial charge in [0.05, 0.1) is 17.1 Å². The van der Waals surface area contributed by atoms with Crippen molar-refractivity contribution in [3.05, 3.63) is 32.7 Å². The third kappa shape index (κ3) is 3.42. The summed E-state index contributed by atoms with van der Waals surface area (Å²) in [5.41, 5.74) is -0.253. The van der Waals surface area contributed by atoms with Gasteiger partial charge >= 0.3 is 5.97 Å². The monoisotopic (exact) mass is 302 g/mol. The van der Waals surface area contributed by atoms with Crippen LogP contribution in [-0.4, -0.2) is 23.6 Å². The van der Waals surface area contributed by atoms with E-state index in [9.17, 15) is 19.5 Å². The van der Waals surface area contributed by atoms with Gasteiger partial charge in [0.2, 0.25) is 0 Å². The molecule has 0 aromatic carbocycles. The number of hydrogen-bond acceptors (Lipinski definition) is 5. The summed E-state index contributed by atoms with van der Waals surface area (Å²) in [5, 5.41) is 10.3. The molecule has 0 fully saturated rings. The maximum Gasteiger partial charge on any atom is 0.339 e. The Kier molecular flexibility index (Phi) is 4.45. The molecule has 0 aliphatic rings. The molecule has 0 amide bonds. The maximum atomic E-state index is 11.6. The molecule has 6 nitrogen and oxygen atoms in total. The summed E-state index contributed by atoms with van der Waals surface area (Å²) >= 11 is 3.00. The number of halogens is 1. The highest BCUT2D eigenvalue weighted by atomic mass is 79.9. The summed E-state index contributed by atoms with van der Waals surface area (Å²) in [4.78, 5) is 33.2. The van der Waals surface area contributed by atoms with Crippen LogP contribution in [0.5, 0.6) is 0 Å². The van der Waals surface area contributed by atoms with E-state index in [0.29, 0.717) is 0 Å². The van der Waals surface area contributed by atoms with Crippen molar-refractivity contribution < 1.29 is 19.4 Å². The first-order chi connectivity index (χ1) is 7.95. The van der Waals surface area contributed by atoms with Gasteiger partial charge in [0.1, 0.15) is 0 Å². The maximum absolute atomic E-state index is 11.6. The van der Waals surface area contributed by atoms with Gasteiger partial charge in [-0.05, 0) is 22.0 Å². The fraction of sp³-hybridized carbons (Fsp3) is 0.300. The van der Waals surface area contributed by atoms with Crippen molar-refractivity contribution in [1.82, 2.24) is 4.57 Å². The molecule has 92 valence electrons. The van der Waals surface area contributed by atoms with Crippen LogP contribution in [0, 0.1) is 0 Å². The van der Waals surface area contributed by atoms with Crippen molar-refractivity contribution >= 4 is 27.9 Å². The normalized spacial score (nSPS) is 10.0. The summed E-state index contributed by atoms with van der Waals surface area (Å²) in [6.07, 6.45) is 0.943. The molecule has 17 heavy (non-hydrogen) atoms. The highest BCUT2D eigenvalue weighted by Gasteiger charge is 2.10. The Morgan fingerprint density at radius 2 is 2.18 bits per heavy atom. The number of pyridine rings is 1. The van der Waals surface area contributed by atoms with Crippen LogP contribution in [0.15, 0.2) is 21.5 Å². The van der Waals surface area contributed by atoms with E-state index in [4.69, 9.17) is 0 Å². The van der Waals surface area contributed by atoms with Gasteiger partial charge < -0.3 is 19.2 Å². The third-order valence-corrected chi connectivity index (χ3v) is 2.59. The SMILES string of the molecule is COC(=O)c1cc(Br)c(=O)n(CCC(=O)[O-])c1. The van der Waals surface area contributed by atoms with E-state index < -0.39 is 17.5 Å².